The van der Waals surface area contributed by atoms with Gasteiger partial charge in [0.1, 0.15) is 11.1 Å². The molecule has 1 aromatic rings. The SMILES string of the molecule is CCCNCc1nnc(OC2CCC(C)C(C)C2)s1. The summed E-state index contributed by atoms with van der Waals surface area (Å²) in [6.07, 6.45) is 5.02. The van der Waals surface area contributed by atoms with Gasteiger partial charge in [-0.1, -0.05) is 37.2 Å². The molecular formula is C14H25N3OS. The Bertz CT molecular complexity index is 383. The van der Waals surface area contributed by atoms with E-state index in [1.807, 2.05) is 0 Å². The summed E-state index contributed by atoms with van der Waals surface area (Å²) in [4.78, 5) is 0. The second-order valence-corrected chi connectivity index (χ2v) is 6.67. The monoisotopic (exact) mass is 283 g/mol. The molecule has 0 bridgehead atoms. The lowest BCUT2D eigenvalue weighted by molar-refractivity contribution is 0.0996. The van der Waals surface area contributed by atoms with Crippen LogP contribution >= 0.6 is 11.3 Å². The van der Waals surface area contributed by atoms with E-state index in [4.69, 9.17) is 4.74 Å². The molecule has 1 saturated carbocycles. The van der Waals surface area contributed by atoms with Crippen LogP contribution in [0.2, 0.25) is 0 Å². The predicted molar refractivity (Wildman–Crippen MR) is 78.5 cm³/mol. The van der Waals surface area contributed by atoms with Gasteiger partial charge in [-0.05, 0) is 44.1 Å². The second-order valence-electron chi connectivity index (χ2n) is 5.65. The Hall–Kier alpha value is -0.680. The van der Waals surface area contributed by atoms with E-state index in [2.05, 4.69) is 36.3 Å². The van der Waals surface area contributed by atoms with E-state index in [-0.39, 0.29) is 0 Å². The Morgan fingerprint density at radius 1 is 1.26 bits per heavy atom. The number of nitrogens with zero attached hydrogens (tertiary/aromatic N) is 2. The molecule has 0 spiro atoms. The van der Waals surface area contributed by atoms with Crippen molar-refractivity contribution in [3.63, 3.8) is 0 Å². The first kappa shape index (κ1) is 14.7. The van der Waals surface area contributed by atoms with Crippen LogP contribution in [0, 0.1) is 11.8 Å². The van der Waals surface area contributed by atoms with Gasteiger partial charge in [-0.2, -0.15) is 0 Å². The van der Waals surface area contributed by atoms with E-state index in [0.29, 0.717) is 6.10 Å². The molecule has 0 aliphatic heterocycles. The molecule has 3 unspecified atom stereocenters. The number of hydrogen-bond acceptors (Lipinski definition) is 5. The van der Waals surface area contributed by atoms with Crippen LogP contribution in [0.15, 0.2) is 0 Å². The van der Waals surface area contributed by atoms with E-state index in [9.17, 15) is 0 Å². The first-order chi connectivity index (χ1) is 9.19. The van der Waals surface area contributed by atoms with Gasteiger partial charge in [0.05, 0.1) is 0 Å². The summed E-state index contributed by atoms with van der Waals surface area (Å²) >= 11 is 1.57. The topological polar surface area (TPSA) is 47.0 Å². The number of aromatic nitrogens is 2. The van der Waals surface area contributed by atoms with Crippen LogP contribution in [0.5, 0.6) is 5.19 Å². The third-order valence-electron chi connectivity index (χ3n) is 3.97. The Kier molecular flexibility index (Phi) is 5.58. The van der Waals surface area contributed by atoms with Crippen LogP contribution in [0.3, 0.4) is 0 Å². The Morgan fingerprint density at radius 2 is 2.11 bits per heavy atom. The fourth-order valence-corrected chi connectivity index (χ4v) is 3.20. The molecule has 4 nitrogen and oxygen atoms in total. The zero-order chi connectivity index (χ0) is 13.7. The normalized spacial score (nSPS) is 27.4. The second kappa shape index (κ2) is 7.20. The number of hydrogen-bond donors (Lipinski definition) is 1. The van der Waals surface area contributed by atoms with Crippen molar-refractivity contribution in [3.8, 4) is 5.19 Å². The first-order valence-corrected chi connectivity index (χ1v) is 8.20. The molecule has 19 heavy (non-hydrogen) atoms. The molecule has 1 aliphatic carbocycles. The van der Waals surface area contributed by atoms with Gasteiger partial charge in [0.25, 0.3) is 5.19 Å². The van der Waals surface area contributed by atoms with Gasteiger partial charge in [-0.3, -0.25) is 0 Å². The molecule has 0 aromatic carbocycles. The molecule has 1 aromatic heterocycles. The van der Waals surface area contributed by atoms with Crippen molar-refractivity contribution in [3.05, 3.63) is 5.01 Å². The molecule has 3 atom stereocenters. The highest BCUT2D eigenvalue weighted by Gasteiger charge is 2.26. The van der Waals surface area contributed by atoms with E-state index in [1.54, 1.807) is 11.3 Å². The molecule has 1 aliphatic rings. The van der Waals surface area contributed by atoms with Crippen LogP contribution < -0.4 is 10.1 Å². The highest BCUT2D eigenvalue weighted by atomic mass is 32.1. The van der Waals surface area contributed by atoms with Crippen LogP contribution in [0.1, 0.15) is 51.5 Å². The van der Waals surface area contributed by atoms with Crippen molar-refractivity contribution in [1.82, 2.24) is 15.5 Å². The van der Waals surface area contributed by atoms with Crippen molar-refractivity contribution in [2.75, 3.05) is 6.54 Å². The number of nitrogens with one attached hydrogen (secondary N) is 1. The zero-order valence-corrected chi connectivity index (χ0v) is 13.0. The smallest absolute Gasteiger partial charge is 0.294 e. The average molecular weight is 283 g/mol. The summed E-state index contributed by atoms with van der Waals surface area (Å²) in [6.45, 7) is 8.64. The van der Waals surface area contributed by atoms with Gasteiger partial charge in [0.2, 0.25) is 0 Å². The lowest BCUT2D eigenvalue weighted by atomic mass is 9.80. The van der Waals surface area contributed by atoms with E-state index >= 15 is 0 Å². The third-order valence-corrected chi connectivity index (χ3v) is 4.78. The van der Waals surface area contributed by atoms with Crippen LogP contribution in [0.25, 0.3) is 0 Å². The molecule has 1 fully saturated rings. The molecular weight excluding hydrogens is 258 g/mol. The maximum atomic E-state index is 5.98. The van der Waals surface area contributed by atoms with Crippen LogP contribution in [-0.2, 0) is 6.54 Å². The molecule has 0 amide bonds. The molecule has 2 rings (SSSR count). The van der Waals surface area contributed by atoms with Crippen molar-refractivity contribution in [1.29, 1.82) is 0 Å². The molecule has 0 saturated heterocycles. The van der Waals surface area contributed by atoms with E-state index < -0.39 is 0 Å². The summed E-state index contributed by atoms with van der Waals surface area (Å²) in [7, 11) is 0. The first-order valence-electron chi connectivity index (χ1n) is 7.38. The minimum atomic E-state index is 0.329. The van der Waals surface area contributed by atoms with Gasteiger partial charge in [0, 0.05) is 6.54 Å². The summed E-state index contributed by atoms with van der Waals surface area (Å²) in [6, 6.07) is 0. The van der Waals surface area contributed by atoms with E-state index in [1.165, 1.54) is 6.42 Å². The number of ether oxygens (including phenoxy) is 1. The fourth-order valence-electron chi connectivity index (χ4n) is 2.48. The fraction of sp³-hybridized carbons (Fsp3) is 0.857. The standard InChI is InChI=1S/C14H25N3OS/c1-4-7-15-9-13-16-17-14(19-13)18-12-6-5-10(2)11(3)8-12/h10-12,15H,4-9H2,1-3H3. The van der Waals surface area contributed by atoms with Crippen molar-refractivity contribution in [2.24, 2.45) is 11.8 Å². The minimum absolute atomic E-state index is 0.329. The van der Waals surface area contributed by atoms with Gasteiger partial charge >= 0.3 is 0 Å². The Labute approximate surface area is 120 Å². The predicted octanol–water partition coefficient (Wildman–Crippen LogP) is 3.24. The Morgan fingerprint density at radius 3 is 2.84 bits per heavy atom. The minimum Gasteiger partial charge on any atom is -0.466 e. The van der Waals surface area contributed by atoms with E-state index in [0.717, 1.165) is 54.4 Å². The molecule has 1 heterocycles. The molecule has 1 N–H and O–H groups in total. The Balaban J connectivity index is 1.79. The lowest BCUT2D eigenvalue weighted by Gasteiger charge is -2.31. The largest absolute Gasteiger partial charge is 0.466 e. The maximum Gasteiger partial charge on any atom is 0.294 e. The summed E-state index contributed by atoms with van der Waals surface area (Å²) in [5.41, 5.74) is 0. The van der Waals surface area contributed by atoms with Crippen molar-refractivity contribution < 1.29 is 4.74 Å². The molecule has 0 radical (unpaired) electrons. The molecule has 108 valence electrons. The lowest BCUT2D eigenvalue weighted by Crippen LogP contribution is -2.28. The van der Waals surface area contributed by atoms with Crippen molar-refractivity contribution in [2.45, 2.75) is 59.1 Å². The van der Waals surface area contributed by atoms with Gasteiger partial charge in [0.15, 0.2) is 0 Å². The third kappa shape index (κ3) is 4.42. The summed E-state index contributed by atoms with van der Waals surface area (Å²) in [5.74, 6) is 1.57. The summed E-state index contributed by atoms with van der Waals surface area (Å²) < 4.78 is 5.98. The zero-order valence-electron chi connectivity index (χ0n) is 12.2. The van der Waals surface area contributed by atoms with Crippen LogP contribution in [0.4, 0.5) is 0 Å². The summed E-state index contributed by atoms with van der Waals surface area (Å²) in [5, 5.41) is 13.4. The van der Waals surface area contributed by atoms with Gasteiger partial charge in [-0.25, -0.2) is 0 Å². The van der Waals surface area contributed by atoms with Gasteiger partial charge in [-0.15, -0.1) is 5.10 Å². The number of rotatable bonds is 6. The van der Waals surface area contributed by atoms with Gasteiger partial charge < -0.3 is 10.1 Å². The highest BCUT2D eigenvalue weighted by molar-refractivity contribution is 7.13. The van der Waals surface area contributed by atoms with Crippen molar-refractivity contribution >= 4 is 11.3 Å². The molecule has 5 heteroatoms. The van der Waals surface area contributed by atoms with Crippen LogP contribution in [-0.4, -0.2) is 22.8 Å². The maximum absolute atomic E-state index is 5.98. The highest BCUT2D eigenvalue weighted by Crippen LogP contribution is 2.32. The quantitative estimate of drug-likeness (QED) is 0.814. The average Bonchev–Trinajstić information content (AvgIpc) is 2.82.